The summed E-state index contributed by atoms with van der Waals surface area (Å²) in [6, 6.07) is 20.4. The van der Waals surface area contributed by atoms with E-state index in [1.807, 2.05) is 31.2 Å². The van der Waals surface area contributed by atoms with E-state index in [1.54, 1.807) is 0 Å². The van der Waals surface area contributed by atoms with Crippen LogP contribution in [0, 0.1) is 6.92 Å². The van der Waals surface area contributed by atoms with E-state index in [2.05, 4.69) is 64.6 Å². The molecule has 0 radical (unpaired) electrons. The minimum Gasteiger partial charge on any atom is -0.490 e. The summed E-state index contributed by atoms with van der Waals surface area (Å²) < 4.78 is 12.9. The van der Waals surface area contributed by atoms with E-state index in [4.69, 9.17) is 21.1 Å². The minimum absolute atomic E-state index is 0.507. The number of aryl methyl sites for hydroxylation is 1. The lowest BCUT2D eigenvalue weighted by Gasteiger charge is -2.16. The Morgan fingerprint density at radius 1 is 0.933 bits per heavy atom. The molecule has 0 aliphatic carbocycles. The second-order valence-electron chi connectivity index (χ2n) is 7.15. The summed E-state index contributed by atoms with van der Waals surface area (Å²) in [6.07, 6.45) is 0.949. The van der Waals surface area contributed by atoms with E-state index >= 15 is 0 Å². The molecule has 0 bridgehead atoms. The monoisotopic (exact) mass is 487 g/mol. The Kier molecular flexibility index (Phi) is 8.61. The maximum atomic E-state index is 6.07. The molecular weight excluding hydrogens is 462 g/mol. The van der Waals surface area contributed by atoms with Crippen LogP contribution in [-0.4, -0.2) is 13.2 Å². The number of ether oxygens (including phenoxy) is 2. The molecule has 0 spiro atoms. The Labute approximate surface area is 192 Å². The summed E-state index contributed by atoms with van der Waals surface area (Å²) in [4.78, 5) is 0. The third kappa shape index (κ3) is 6.76. The number of benzene rings is 3. The normalized spacial score (nSPS) is 10.8. The summed E-state index contributed by atoms with van der Waals surface area (Å²) in [5.41, 5.74) is 4.77. The third-order valence-electron chi connectivity index (χ3n) is 4.71. The van der Waals surface area contributed by atoms with Crippen LogP contribution >= 0.6 is 27.5 Å². The molecule has 0 aromatic heterocycles. The lowest BCUT2D eigenvalue weighted by atomic mass is 10.1. The molecule has 0 heterocycles. The Balaban J connectivity index is 1.60. The zero-order chi connectivity index (χ0) is 21.3. The van der Waals surface area contributed by atoms with Gasteiger partial charge in [0.05, 0.1) is 6.61 Å². The molecule has 0 amide bonds. The van der Waals surface area contributed by atoms with Gasteiger partial charge in [-0.25, -0.2) is 0 Å². The molecule has 0 unspecified atom stereocenters. The number of halogens is 2. The molecule has 0 fully saturated rings. The van der Waals surface area contributed by atoms with Crippen LogP contribution in [0.5, 0.6) is 11.5 Å². The molecule has 0 aliphatic heterocycles. The molecule has 30 heavy (non-hydrogen) atoms. The molecule has 3 aromatic carbocycles. The maximum absolute atomic E-state index is 6.07. The Morgan fingerprint density at radius 2 is 1.70 bits per heavy atom. The summed E-state index contributed by atoms with van der Waals surface area (Å²) in [5, 5.41) is 4.27. The van der Waals surface area contributed by atoms with Gasteiger partial charge < -0.3 is 14.8 Å². The predicted octanol–water partition coefficient (Wildman–Crippen LogP) is 6.72. The first-order valence-electron chi connectivity index (χ1n) is 10.1. The van der Waals surface area contributed by atoms with Crippen LogP contribution in [0.4, 0.5) is 0 Å². The quantitative estimate of drug-likeness (QED) is 0.321. The second kappa shape index (κ2) is 11.4. The molecule has 1 N–H and O–H groups in total. The standard InChI is InChI=1S/C25H27BrClNO2/c1-3-29-24-14-21(16-28-12-11-19-7-9-22(27)10-8-19)23(26)15-25(24)30-17-20-6-4-5-18(2)13-20/h4-10,13-15,28H,3,11-12,16-17H2,1-2H3. The van der Waals surface area contributed by atoms with Gasteiger partial charge in [-0.15, -0.1) is 0 Å². The van der Waals surface area contributed by atoms with Crippen LogP contribution in [0.2, 0.25) is 5.02 Å². The fourth-order valence-corrected chi connectivity index (χ4v) is 3.75. The molecule has 0 saturated heterocycles. The van der Waals surface area contributed by atoms with Crippen LogP contribution in [0.3, 0.4) is 0 Å². The zero-order valence-corrected chi connectivity index (χ0v) is 19.7. The van der Waals surface area contributed by atoms with Crippen molar-refractivity contribution in [1.29, 1.82) is 0 Å². The van der Waals surface area contributed by atoms with Crippen molar-refractivity contribution in [2.24, 2.45) is 0 Å². The van der Waals surface area contributed by atoms with Crippen LogP contribution in [0.25, 0.3) is 0 Å². The van der Waals surface area contributed by atoms with Crippen molar-refractivity contribution in [3.8, 4) is 11.5 Å². The van der Waals surface area contributed by atoms with Crippen molar-refractivity contribution in [3.05, 3.63) is 92.4 Å². The van der Waals surface area contributed by atoms with Gasteiger partial charge in [-0.1, -0.05) is 69.5 Å². The molecule has 0 aliphatic rings. The van der Waals surface area contributed by atoms with Gasteiger partial charge in [0.15, 0.2) is 11.5 Å². The van der Waals surface area contributed by atoms with Crippen molar-refractivity contribution in [1.82, 2.24) is 5.32 Å². The van der Waals surface area contributed by atoms with Crippen LogP contribution in [0.1, 0.15) is 29.2 Å². The van der Waals surface area contributed by atoms with Crippen LogP contribution < -0.4 is 14.8 Å². The highest BCUT2D eigenvalue weighted by Crippen LogP contribution is 2.34. The Hall–Kier alpha value is -2.01. The van der Waals surface area contributed by atoms with Gasteiger partial charge in [0.1, 0.15) is 6.61 Å². The van der Waals surface area contributed by atoms with Crippen LogP contribution in [-0.2, 0) is 19.6 Å². The highest BCUT2D eigenvalue weighted by atomic mass is 79.9. The van der Waals surface area contributed by atoms with E-state index in [-0.39, 0.29) is 0 Å². The molecule has 5 heteroatoms. The van der Waals surface area contributed by atoms with Crippen molar-refractivity contribution in [2.75, 3.05) is 13.2 Å². The van der Waals surface area contributed by atoms with Gasteiger partial charge in [-0.2, -0.15) is 0 Å². The smallest absolute Gasteiger partial charge is 0.162 e. The lowest BCUT2D eigenvalue weighted by Crippen LogP contribution is -2.17. The summed E-state index contributed by atoms with van der Waals surface area (Å²) in [7, 11) is 0. The SMILES string of the molecule is CCOc1cc(CNCCc2ccc(Cl)cc2)c(Br)cc1OCc1cccc(C)c1. The maximum Gasteiger partial charge on any atom is 0.162 e. The molecule has 3 aromatic rings. The van der Waals surface area contributed by atoms with Crippen LogP contribution in [0.15, 0.2) is 65.1 Å². The summed E-state index contributed by atoms with van der Waals surface area (Å²) in [6.45, 7) is 6.78. The number of nitrogens with one attached hydrogen (secondary N) is 1. The molecule has 0 saturated carbocycles. The highest BCUT2D eigenvalue weighted by molar-refractivity contribution is 9.10. The van der Waals surface area contributed by atoms with Crippen molar-refractivity contribution in [2.45, 2.75) is 33.4 Å². The number of hydrogen-bond donors (Lipinski definition) is 1. The summed E-state index contributed by atoms with van der Waals surface area (Å²) in [5.74, 6) is 1.51. The molecular formula is C25H27BrClNO2. The van der Waals surface area contributed by atoms with E-state index in [0.717, 1.165) is 51.6 Å². The number of rotatable bonds is 10. The first-order chi connectivity index (χ1) is 14.5. The number of hydrogen-bond acceptors (Lipinski definition) is 3. The average Bonchev–Trinajstić information content (AvgIpc) is 2.73. The fraction of sp³-hybridized carbons (Fsp3) is 0.280. The van der Waals surface area contributed by atoms with Crippen molar-refractivity contribution in [3.63, 3.8) is 0 Å². The van der Waals surface area contributed by atoms with Gasteiger partial charge in [-0.05, 0) is 67.8 Å². The first kappa shape index (κ1) is 22.7. The average molecular weight is 489 g/mol. The molecule has 3 nitrogen and oxygen atoms in total. The van der Waals surface area contributed by atoms with E-state index in [1.165, 1.54) is 11.1 Å². The predicted molar refractivity (Wildman–Crippen MR) is 128 cm³/mol. The van der Waals surface area contributed by atoms with Crippen molar-refractivity contribution >= 4 is 27.5 Å². The highest BCUT2D eigenvalue weighted by Gasteiger charge is 2.11. The topological polar surface area (TPSA) is 30.5 Å². The van der Waals surface area contributed by atoms with E-state index < -0.39 is 0 Å². The largest absolute Gasteiger partial charge is 0.490 e. The first-order valence-corrected chi connectivity index (χ1v) is 11.3. The van der Waals surface area contributed by atoms with Gasteiger partial charge in [0, 0.05) is 16.0 Å². The Bertz CT molecular complexity index is 960. The van der Waals surface area contributed by atoms with E-state index in [0.29, 0.717) is 13.2 Å². The van der Waals surface area contributed by atoms with Gasteiger partial charge in [0.2, 0.25) is 0 Å². The molecule has 0 atom stereocenters. The van der Waals surface area contributed by atoms with E-state index in [9.17, 15) is 0 Å². The minimum atomic E-state index is 0.507. The third-order valence-corrected chi connectivity index (χ3v) is 5.70. The Morgan fingerprint density at radius 3 is 2.43 bits per heavy atom. The molecule has 3 rings (SSSR count). The van der Waals surface area contributed by atoms with Gasteiger partial charge in [-0.3, -0.25) is 0 Å². The fourth-order valence-electron chi connectivity index (χ4n) is 3.16. The zero-order valence-electron chi connectivity index (χ0n) is 17.4. The lowest BCUT2D eigenvalue weighted by molar-refractivity contribution is 0.269. The van der Waals surface area contributed by atoms with Gasteiger partial charge in [0.25, 0.3) is 0 Å². The van der Waals surface area contributed by atoms with Crippen molar-refractivity contribution < 1.29 is 9.47 Å². The summed E-state index contributed by atoms with van der Waals surface area (Å²) >= 11 is 9.63. The van der Waals surface area contributed by atoms with Gasteiger partial charge >= 0.3 is 0 Å². The molecule has 158 valence electrons. The second-order valence-corrected chi connectivity index (χ2v) is 8.45.